The molecule has 0 radical (unpaired) electrons. The van der Waals surface area contributed by atoms with Gasteiger partial charge in [0.2, 0.25) is 0 Å². The molecule has 0 aliphatic heterocycles. The van der Waals surface area contributed by atoms with Crippen LogP contribution in [-0.4, -0.2) is 28.3 Å². The largest absolute Gasteiger partial charge is 0.224 e. The van der Waals surface area contributed by atoms with E-state index in [4.69, 9.17) is 0 Å². The van der Waals surface area contributed by atoms with Crippen molar-refractivity contribution in [3.05, 3.63) is 10.8 Å². The third-order valence-corrected chi connectivity index (χ3v) is 4.68. The van der Waals surface area contributed by atoms with Crippen LogP contribution in [0.15, 0.2) is 10.8 Å². The second-order valence-electron chi connectivity index (χ2n) is 3.01. The second kappa shape index (κ2) is 5.50. The molecule has 0 aromatic carbocycles. The van der Waals surface area contributed by atoms with E-state index in [2.05, 4.69) is 0 Å². The molecule has 0 unspecified atom stereocenters. The Morgan fingerprint density at radius 2 is 1.07 bits per heavy atom. The standard InChI is InChI=1S/C8H16O4S2/c1-3-5-13(9,10)7-8-14(11,12)6-4-2/h7-8H,3-6H2,1-2H3/b8-7+. The summed E-state index contributed by atoms with van der Waals surface area (Å²) < 4.78 is 44.5. The molecule has 0 bridgehead atoms. The van der Waals surface area contributed by atoms with Crippen molar-refractivity contribution >= 4 is 19.7 Å². The van der Waals surface area contributed by atoms with Gasteiger partial charge in [-0.3, -0.25) is 0 Å². The molecule has 6 heteroatoms. The maximum Gasteiger partial charge on any atom is 0.172 e. The molecule has 84 valence electrons. The first-order valence-corrected chi connectivity index (χ1v) is 7.89. The topological polar surface area (TPSA) is 68.3 Å². The van der Waals surface area contributed by atoms with E-state index in [1.54, 1.807) is 13.8 Å². The lowest BCUT2D eigenvalue weighted by Gasteiger charge is -1.95. The highest BCUT2D eigenvalue weighted by Crippen LogP contribution is 2.01. The van der Waals surface area contributed by atoms with Crippen LogP contribution >= 0.6 is 0 Å². The molecule has 0 aromatic rings. The molecule has 0 fully saturated rings. The van der Waals surface area contributed by atoms with Crippen LogP contribution in [0, 0.1) is 0 Å². The van der Waals surface area contributed by atoms with E-state index in [1.165, 1.54) is 0 Å². The first-order chi connectivity index (χ1) is 6.33. The van der Waals surface area contributed by atoms with Crippen molar-refractivity contribution in [3.8, 4) is 0 Å². The zero-order chi connectivity index (χ0) is 11.2. The van der Waals surface area contributed by atoms with Gasteiger partial charge >= 0.3 is 0 Å². The van der Waals surface area contributed by atoms with Gasteiger partial charge in [0.25, 0.3) is 0 Å². The Morgan fingerprint density at radius 1 is 0.786 bits per heavy atom. The summed E-state index contributed by atoms with van der Waals surface area (Å²) in [5, 5.41) is 1.59. The molecular formula is C8H16O4S2. The average Bonchev–Trinajstić information content (AvgIpc) is 2.01. The fraction of sp³-hybridized carbons (Fsp3) is 0.750. The molecule has 0 atom stereocenters. The molecule has 0 saturated heterocycles. The van der Waals surface area contributed by atoms with E-state index in [9.17, 15) is 16.8 Å². The monoisotopic (exact) mass is 240 g/mol. The lowest BCUT2D eigenvalue weighted by atomic mass is 10.6. The molecule has 0 rings (SSSR count). The number of hydrogen-bond donors (Lipinski definition) is 0. The molecule has 4 nitrogen and oxygen atoms in total. The van der Waals surface area contributed by atoms with Crippen LogP contribution in [0.3, 0.4) is 0 Å². The first-order valence-electron chi connectivity index (χ1n) is 4.46. The smallest absolute Gasteiger partial charge is 0.172 e. The summed E-state index contributed by atoms with van der Waals surface area (Å²) in [6, 6.07) is 0. The summed E-state index contributed by atoms with van der Waals surface area (Å²) in [6.07, 6.45) is 0.973. The fourth-order valence-electron chi connectivity index (χ4n) is 0.874. The molecule has 0 spiro atoms. The van der Waals surface area contributed by atoms with Crippen LogP contribution in [0.4, 0.5) is 0 Å². The predicted octanol–water partition coefficient (Wildman–Crippen LogP) is 1.11. The Balaban J connectivity index is 4.60. The Kier molecular flexibility index (Phi) is 5.36. The van der Waals surface area contributed by atoms with E-state index in [1.807, 2.05) is 0 Å². The summed E-state index contributed by atoms with van der Waals surface area (Å²) in [5.41, 5.74) is 0. The maximum absolute atomic E-state index is 11.1. The SMILES string of the molecule is CCCS(=O)(=O)/C=C/S(=O)(=O)CCC. The molecule has 0 amide bonds. The first kappa shape index (κ1) is 13.6. The van der Waals surface area contributed by atoms with Gasteiger partial charge < -0.3 is 0 Å². The number of rotatable bonds is 6. The van der Waals surface area contributed by atoms with Crippen molar-refractivity contribution in [2.45, 2.75) is 26.7 Å². The van der Waals surface area contributed by atoms with Crippen LogP contribution in [0.1, 0.15) is 26.7 Å². The van der Waals surface area contributed by atoms with Crippen molar-refractivity contribution < 1.29 is 16.8 Å². The Morgan fingerprint density at radius 3 is 1.29 bits per heavy atom. The van der Waals surface area contributed by atoms with E-state index in [-0.39, 0.29) is 11.5 Å². The molecule has 0 aliphatic rings. The van der Waals surface area contributed by atoms with Crippen molar-refractivity contribution in [3.63, 3.8) is 0 Å². The van der Waals surface area contributed by atoms with Crippen molar-refractivity contribution in [1.29, 1.82) is 0 Å². The lowest BCUT2D eigenvalue weighted by molar-refractivity contribution is 0.599. The van der Waals surface area contributed by atoms with Crippen LogP contribution < -0.4 is 0 Å². The highest BCUT2D eigenvalue weighted by Gasteiger charge is 2.08. The van der Waals surface area contributed by atoms with Gasteiger partial charge in [-0.1, -0.05) is 13.8 Å². The Bertz CT molecular complexity index is 338. The normalized spacial score (nSPS) is 13.6. The Labute approximate surface area is 85.9 Å². The third kappa shape index (κ3) is 6.15. The predicted molar refractivity (Wildman–Crippen MR) is 57.3 cm³/mol. The van der Waals surface area contributed by atoms with Crippen molar-refractivity contribution in [2.24, 2.45) is 0 Å². The summed E-state index contributed by atoms with van der Waals surface area (Å²) in [6.45, 7) is 3.46. The summed E-state index contributed by atoms with van der Waals surface area (Å²) >= 11 is 0. The fourth-order valence-corrected chi connectivity index (χ4v) is 3.64. The molecule has 0 N–H and O–H groups in total. The highest BCUT2D eigenvalue weighted by molar-refractivity contribution is 7.97. The lowest BCUT2D eigenvalue weighted by Crippen LogP contribution is -2.04. The van der Waals surface area contributed by atoms with Gasteiger partial charge in [0.05, 0.1) is 11.5 Å². The van der Waals surface area contributed by atoms with Gasteiger partial charge in [-0.05, 0) is 12.8 Å². The van der Waals surface area contributed by atoms with Gasteiger partial charge in [0.1, 0.15) is 0 Å². The van der Waals surface area contributed by atoms with Crippen LogP contribution in [0.5, 0.6) is 0 Å². The van der Waals surface area contributed by atoms with E-state index >= 15 is 0 Å². The van der Waals surface area contributed by atoms with Gasteiger partial charge in [-0.15, -0.1) is 0 Å². The second-order valence-corrected chi connectivity index (χ2v) is 7.02. The van der Waals surface area contributed by atoms with E-state index < -0.39 is 19.7 Å². The molecule has 0 saturated carbocycles. The molecular weight excluding hydrogens is 224 g/mol. The minimum Gasteiger partial charge on any atom is -0.224 e. The van der Waals surface area contributed by atoms with Gasteiger partial charge in [0.15, 0.2) is 19.7 Å². The number of sulfone groups is 2. The van der Waals surface area contributed by atoms with Gasteiger partial charge in [-0.2, -0.15) is 0 Å². The molecule has 0 aromatic heterocycles. The molecule has 14 heavy (non-hydrogen) atoms. The zero-order valence-corrected chi connectivity index (χ0v) is 10.1. The molecule has 0 heterocycles. The van der Waals surface area contributed by atoms with Crippen molar-refractivity contribution in [2.75, 3.05) is 11.5 Å². The Hall–Kier alpha value is -0.360. The van der Waals surface area contributed by atoms with Crippen LogP contribution in [0.25, 0.3) is 0 Å². The van der Waals surface area contributed by atoms with Crippen molar-refractivity contribution in [1.82, 2.24) is 0 Å². The molecule has 0 aliphatic carbocycles. The number of hydrogen-bond acceptors (Lipinski definition) is 4. The summed E-state index contributed by atoms with van der Waals surface area (Å²) in [4.78, 5) is 0. The van der Waals surface area contributed by atoms with Crippen LogP contribution in [-0.2, 0) is 19.7 Å². The van der Waals surface area contributed by atoms with Gasteiger partial charge in [-0.25, -0.2) is 16.8 Å². The van der Waals surface area contributed by atoms with Gasteiger partial charge in [0, 0.05) is 10.8 Å². The average molecular weight is 240 g/mol. The van der Waals surface area contributed by atoms with E-state index in [0.29, 0.717) is 12.8 Å². The quantitative estimate of drug-likeness (QED) is 0.697. The third-order valence-electron chi connectivity index (χ3n) is 1.45. The van der Waals surface area contributed by atoms with Crippen LogP contribution in [0.2, 0.25) is 0 Å². The van der Waals surface area contributed by atoms with E-state index in [0.717, 1.165) is 10.8 Å². The highest BCUT2D eigenvalue weighted by atomic mass is 32.2. The summed E-state index contributed by atoms with van der Waals surface area (Å²) in [7, 11) is -6.69. The minimum absolute atomic E-state index is 0.00878. The maximum atomic E-state index is 11.1. The zero-order valence-electron chi connectivity index (χ0n) is 8.43. The summed E-state index contributed by atoms with van der Waals surface area (Å²) in [5.74, 6) is -0.0176. The minimum atomic E-state index is -3.34.